The quantitative estimate of drug-likeness (QED) is 0.830. The first-order valence-corrected chi connectivity index (χ1v) is 7.89. The van der Waals surface area contributed by atoms with Gasteiger partial charge in [-0.3, -0.25) is 4.79 Å². The van der Waals surface area contributed by atoms with Crippen LogP contribution in [0.5, 0.6) is 0 Å². The molecule has 8 nitrogen and oxygen atoms in total. The van der Waals surface area contributed by atoms with Crippen LogP contribution in [0.25, 0.3) is 0 Å². The van der Waals surface area contributed by atoms with Gasteiger partial charge in [-0.1, -0.05) is 0 Å². The number of aliphatic carboxylic acids is 1. The molecule has 22 heavy (non-hydrogen) atoms. The van der Waals surface area contributed by atoms with Crippen LogP contribution in [0.2, 0.25) is 0 Å². The first-order chi connectivity index (χ1) is 10.6. The number of nitrogens with one attached hydrogen (secondary N) is 1. The second-order valence-electron chi connectivity index (χ2n) is 5.85. The van der Waals surface area contributed by atoms with Crippen molar-refractivity contribution in [2.45, 2.75) is 38.6 Å². The molecule has 120 valence electrons. The average Bonchev–Trinajstić information content (AvgIpc) is 3.20. The Kier molecular flexibility index (Phi) is 4.26. The van der Waals surface area contributed by atoms with E-state index in [9.17, 15) is 4.79 Å². The van der Waals surface area contributed by atoms with Crippen LogP contribution in [0.4, 0.5) is 17.8 Å². The van der Waals surface area contributed by atoms with E-state index in [1.165, 1.54) is 0 Å². The minimum absolute atomic E-state index is 0.341. The number of carbonyl (C=O) groups is 1. The molecule has 0 unspecified atom stereocenters. The van der Waals surface area contributed by atoms with Gasteiger partial charge in [-0.15, -0.1) is 0 Å². The summed E-state index contributed by atoms with van der Waals surface area (Å²) < 4.78 is 0. The Morgan fingerprint density at radius 3 is 1.86 bits per heavy atom. The lowest BCUT2D eigenvalue weighted by Gasteiger charge is -2.21. The molecule has 0 radical (unpaired) electrons. The molecule has 1 atom stereocenters. The lowest BCUT2D eigenvalue weighted by molar-refractivity contribution is -0.137. The minimum Gasteiger partial charge on any atom is -0.480 e. The predicted molar refractivity (Wildman–Crippen MR) is 83.4 cm³/mol. The van der Waals surface area contributed by atoms with Gasteiger partial charge in [0.05, 0.1) is 0 Å². The monoisotopic (exact) mass is 306 g/mol. The third-order valence-corrected chi connectivity index (χ3v) is 4.11. The van der Waals surface area contributed by atoms with Crippen LogP contribution in [-0.2, 0) is 4.79 Å². The Morgan fingerprint density at radius 2 is 1.45 bits per heavy atom. The fraction of sp³-hybridized carbons (Fsp3) is 0.714. The molecular weight excluding hydrogens is 284 g/mol. The molecular formula is C14H22N6O2. The van der Waals surface area contributed by atoms with E-state index in [4.69, 9.17) is 5.11 Å². The number of aromatic nitrogens is 3. The molecule has 8 heteroatoms. The van der Waals surface area contributed by atoms with Crippen molar-refractivity contribution in [3.8, 4) is 0 Å². The highest BCUT2D eigenvalue weighted by Gasteiger charge is 2.22. The Morgan fingerprint density at radius 1 is 1.00 bits per heavy atom. The summed E-state index contributed by atoms with van der Waals surface area (Å²) in [5, 5.41) is 11.9. The van der Waals surface area contributed by atoms with Crippen molar-refractivity contribution in [1.82, 2.24) is 15.0 Å². The van der Waals surface area contributed by atoms with Crippen LogP contribution in [-0.4, -0.2) is 58.2 Å². The van der Waals surface area contributed by atoms with E-state index in [0.717, 1.165) is 51.9 Å². The molecule has 2 N–H and O–H groups in total. The Balaban J connectivity index is 1.88. The number of nitrogens with zero attached hydrogens (tertiary/aromatic N) is 5. The molecule has 1 aromatic rings. The molecule has 0 amide bonds. The van der Waals surface area contributed by atoms with Crippen LogP contribution >= 0.6 is 0 Å². The summed E-state index contributed by atoms with van der Waals surface area (Å²) in [6.07, 6.45) is 4.55. The highest BCUT2D eigenvalue weighted by molar-refractivity contribution is 5.76. The third kappa shape index (κ3) is 3.20. The summed E-state index contributed by atoms with van der Waals surface area (Å²) >= 11 is 0. The van der Waals surface area contributed by atoms with Gasteiger partial charge in [-0.2, -0.15) is 15.0 Å². The smallest absolute Gasteiger partial charge is 0.325 e. The van der Waals surface area contributed by atoms with Gasteiger partial charge in [0.2, 0.25) is 17.8 Å². The highest BCUT2D eigenvalue weighted by Crippen LogP contribution is 2.22. The molecule has 3 heterocycles. The largest absolute Gasteiger partial charge is 0.480 e. The number of anilines is 3. The molecule has 2 aliphatic heterocycles. The van der Waals surface area contributed by atoms with Crippen molar-refractivity contribution in [1.29, 1.82) is 0 Å². The van der Waals surface area contributed by atoms with Gasteiger partial charge in [0.25, 0.3) is 0 Å². The zero-order chi connectivity index (χ0) is 15.5. The molecule has 0 bridgehead atoms. The van der Waals surface area contributed by atoms with Crippen molar-refractivity contribution in [2.24, 2.45) is 0 Å². The Hall–Kier alpha value is -2.12. The van der Waals surface area contributed by atoms with Crippen LogP contribution in [0.1, 0.15) is 32.6 Å². The first-order valence-electron chi connectivity index (χ1n) is 7.89. The molecule has 0 spiro atoms. The van der Waals surface area contributed by atoms with Gasteiger partial charge < -0.3 is 20.2 Å². The van der Waals surface area contributed by atoms with E-state index in [1.807, 2.05) is 0 Å². The van der Waals surface area contributed by atoms with E-state index >= 15 is 0 Å². The molecule has 2 aliphatic rings. The Bertz CT molecular complexity index is 506. The van der Waals surface area contributed by atoms with E-state index < -0.39 is 12.0 Å². The topological polar surface area (TPSA) is 94.5 Å². The molecule has 2 fully saturated rings. The maximum atomic E-state index is 11.0. The van der Waals surface area contributed by atoms with E-state index in [-0.39, 0.29) is 0 Å². The second-order valence-corrected chi connectivity index (χ2v) is 5.85. The van der Waals surface area contributed by atoms with E-state index in [1.54, 1.807) is 6.92 Å². The minimum atomic E-state index is -0.925. The fourth-order valence-corrected chi connectivity index (χ4v) is 2.79. The molecule has 0 aliphatic carbocycles. The van der Waals surface area contributed by atoms with Crippen LogP contribution in [0, 0.1) is 0 Å². The van der Waals surface area contributed by atoms with Gasteiger partial charge in [0.15, 0.2) is 0 Å². The third-order valence-electron chi connectivity index (χ3n) is 4.11. The van der Waals surface area contributed by atoms with E-state index in [0.29, 0.717) is 17.8 Å². The fourth-order valence-electron chi connectivity index (χ4n) is 2.79. The first kappa shape index (κ1) is 14.8. The summed E-state index contributed by atoms with van der Waals surface area (Å²) in [7, 11) is 0. The molecule has 2 saturated heterocycles. The van der Waals surface area contributed by atoms with E-state index in [2.05, 4.69) is 30.1 Å². The van der Waals surface area contributed by atoms with Crippen LogP contribution in [0.3, 0.4) is 0 Å². The van der Waals surface area contributed by atoms with Crippen molar-refractivity contribution in [3.05, 3.63) is 0 Å². The summed E-state index contributed by atoms with van der Waals surface area (Å²) in [4.78, 5) is 28.7. The number of carboxylic acid groups (broad SMARTS) is 1. The zero-order valence-corrected chi connectivity index (χ0v) is 12.8. The SMILES string of the molecule is C[C@H](Nc1nc(N2CCCC2)nc(N2CCCC2)n1)C(=O)O. The lowest BCUT2D eigenvalue weighted by Crippen LogP contribution is -2.29. The average molecular weight is 306 g/mol. The zero-order valence-electron chi connectivity index (χ0n) is 12.8. The van der Waals surface area contributed by atoms with Crippen molar-refractivity contribution < 1.29 is 9.90 Å². The molecule has 3 rings (SSSR count). The summed E-state index contributed by atoms with van der Waals surface area (Å²) in [6.45, 7) is 5.35. The standard InChI is InChI=1S/C14H22N6O2/c1-10(11(21)22)15-12-16-13(19-6-2-3-7-19)18-14(17-12)20-8-4-5-9-20/h10H,2-9H2,1H3,(H,21,22)(H,15,16,17,18)/t10-/m0/s1. The second kappa shape index (κ2) is 6.33. The van der Waals surface area contributed by atoms with Gasteiger partial charge in [-0.25, -0.2) is 0 Å². The number of hydrogen-bond acceptors (Lipinski definition) is 7. The van der Waals surface area contributed by atoms with Crippen LogP contribution < -0.4 is 15.1 Å². The maximum absolute atomic E-state index is 11.0. The van der Waals surface area contributed by atoms with Crippen molar-refractivity contribution in [3.63, 3.8) is 0 Å². The predicted octanol–water partition coefficient (Wildman–Crippen LogP) is 0.957. The number of hydrogen-bond donors (Lipinski definition) is 2. The van der Waals surface area contributed by atoms with Gasteiger partial charge >= 0.3 is 5.97 Å². The highest BCUT2D eigenvalue weighted by atomic mass is 16.4. The van der Waals surface area contributed by atoms with Gasteiger partial charge in [0.1, 0.15) is 6.04 Å². The van der Waals surface area contributed by atoms with Crippen molar-refractivity contribution in [2.75, 3.05) is 41.3 Å². The summed E-state index contributed by atoms with van der Waals surface area (Å²) in [5.74, 6) is 0.712. The lowest BCUT2D eigenvalue weighted by atomic mass is 10.3. The number of carboxylic acids is 1. The van der Waals surface area contributed by atoms with Gasteiger partial charge in [-0.05, 0) is 32.6 Å². The summed E-state index contributed by atoms with van der Waals surface area (Å²) in [5.41, 5.74) is 0. The van der Waals surface area contributed by atoms with Crippen LogP contribution in [0.15, 0.2) is 0 Å². The molecule has 0 saturated carbocycles. The van der Waals surface area contributed by atoms with Gasteiger partial charge in [0, 0.05) is 26.2 Å². The summed E-state index contributed by atoms with van der Waals surface area (Å²) in [6, 6.07) is -0.736. The Labute approximate surface area is 129 Å². The molecule has 1 aromatic heterocycles. The van der Waals surface area contributed by atoms with Crippen molar-refractivity contribution >= 4 is 23.8 Å². The number of rotatable bonds is 5. The molecule has 0 aromatic carbocycles. The normalized spacial score (nSPS) is 19.5. The maximum Gasteiger partial charge on any atom is 0.325 e.